The first-order valence-corrected chi connectivity index (χ1v) is 37.0. The van der Waals surface area contributed by atoms with Crippen molar-refractivity contribution >= 4 is 84.3 Å². The van der Waals surface area contributed by atoms with Gasteiger partial charge in [0.1, 0.15) is 11.5 Å². The number of Topliss-reactive ketones (excluding diaryl/α,β-unsaturated/α-hetero) is 3. The molecule has 0 radical (unpaired) electrons. The molecule has 0 spiro atoms. The van der Waals surface area contributed by atoms with Gasteiger partial charge in [-0.15, -0.1) is 0 Å². The van der Waals surface area contributed by atoms with Crippen LogP contribution in [-0.2, 0) is 25.7 Å². The van der Waals surface area contributed by atoms with Gasteiger partial charge in [-0.3, -0.25) is 24.0 Å². The van der Waals surface area contributed by atoms with Crippen molar-refractivity contribution in [2.45, 2.75) is 253 Å². The summed E-state index contributed by atoms with van der Waals surface area (Å²) < 4.78 is 4.40. The minimum absolute atomic E-state index is 0.0452. The Labute approximate surface area is 568 Å². The molecule has 0 aliphatic carbocycles. The number of rotatable bonds is 15. The number of carbonyl (C=O) groups excluding carboxylic acids is 5. The first kappa shape index (κ1) is 88.3. The van der Waals surface area contributed by atoms with Crippen molar-refractivity contribution in [1.82, 2.24) is 0 Å². The molecule has 499 valence electrons. The first-order chi connectivity index (χ1) is 40.6. The Bertz CT molecular complexity index is 2650. The number of phenols is 2. The molecule has 0 saturated carbocycles. The van der Waals surface area contributed by atoms with Gasteiger partial charge < -0.3 is 14.9 Å². The van der Waals surface area contributed by atoms with Crippen LogP contribution in [-0.4, -0.2) is 50.7 Å². The maximum absolute atomic E-state index is 11.8. The number of aromatic hydroxyl groups is 2. The van der Waals surface area contributed by atoms with Crippen LogP contribution in [0.3, 0.4) is 0 Å². The number of ether oxygens (including phenoxy) is 1. The van der Waals surface area contributed by atoms with Crippen molar-refractivity contribution in [2.24, 2.45) is 0 Å². The van der Waals surface area contributed by atoms with Gasteiger partial charge in [-0.2, -0.15) is 0 Å². The number of phenolic OH excluding ortho intramolecular Hbond substituents is 2. The number of hydrogen-bond donors (Lipinski definition) is 2. The van der Waals surface area contributed by atoms with Crippen LogP contribution in [0, 0.1) is 20.8 Å². The molecular weight excluding hydrogens is 1370 g/mol. The number of hydrogen-bond acceptors (Lipinski definition) is 8. The molecule has 0 saturated heterocycles. The van der Waals surface area contributed by atoms with Crippen LogP contribution >= 0.6 is 55.8 Å². The molecule has 13 heteroatoms. The molecule has 0 aromatic heterocycles. The molecule has 2 N–H and O–H groups in total. The predicted molar refractivity (Wildman–Crippen MR) is 385 cm³/mol. The summed E-state index contributed by atoms with van der Waals surface area (Å²) in [6, 6.07) is 24.5. The van der Waals surface area contributed by atoms with Gasteiger partial charge in [0.2, 0.25) is 5.24 Å². The number of benzene rings is 5. The number of halogens is 4. The number of ketones is 3. The average Bonchev–Trinajstić information content (AvgIpc) is 3.40. The van der Waals surface area contributed by atoms with E-state index >= 15 is 0 Å². The molecule has 5 aromatic rings. The van der Waals surface area contributed by atoms with Crippen LogP contribution in [0.15, 0.2) is 72.8 Å². The van der Waals surface area contributed by atoms with Crippen molar-refractivity contribution < 1.29 is 50.3 Å². The van der Waals surface area contributed by atoms with Crippen molar-refractivity contribution in [3.05, 3.63) is 162 Å². The van der Waals surface area contributed by atoms with E-state index in [2.05, 4.69) is 222 Å². The summed E-state index contributed by atoms with van der Waals surface area (Å²) in [6.07, 6.45) is 0. The van der Waals surface area contributed by atoms with E-state index in [1.54, 1.807) is 32.9 Å². The fourth-order valence-electron chi connectivity index (χ4n) is 9.76. The Morgan fingerprint density at radius 1 is 0.420 bits per heavy atom. The van der Waals surface area contributed by atoms with Gasteiger partial charge in [0, 0.05) is 30.5 Å². The Hall–Kier alpha value is -3.90. The van der Waals surface area contributed by atoms with Gasteiger partial charge in [-0.05, 0) is 221 Å². The predicted octanol–water partition coefficient (Wildman–Crippen LogP) is 24.0. The molecule has 88 heavy (non-hydrogen) atoms. The molecule has 0 amide bonds. The second kappa shape index (κ2) is 45.4. The second-order valence-corrected chi connectivity index (χ2v) is 30.9. The summed E-state index contributed by atoms with van der Waals surface area (Å²) in [4.78, 5) is 53.8. The molecule has 0 heterocycles. The van der Waals surface area contributed by atoms with Gasteiger partial charge in [0.25, 0.3) is 0 Å². The number of carbonyl (C=O) groups is 5. The molecule has 0 unspecified atom stereocenters. The summed E-state index contributed by atoms with van der Waals surface area (Å²) in [6.45, 7) is 57.6. The number of alkyl halides is 1. The van der Waals surface area contributed by atoms with Gasteiger partial charge in [-0.1, -0.05) is 191 Å². The molecule has 5 rings (SSSR count). The van der Waals surface area contributed by atoms with E-state index in [1.165, 1.54) is 75.3 Å². The zero-order valence-electron chi connectivity index (χ0n) is 58.8. The van der Waals surface area contributed by atoms with E-state index in [0.717, 1.165) is 33.4 Å². The zero-order valence-corrected chi connectivity index (χ0v) is 65.2. The zero-order chi connectivity index (χ0) is 69.4. The third-order valence-electron chi connectivity index (χ3n) is 14.5. The van der Waals surface area contributed by atoms with Crippen molar-refractivity contribution in [3.63, 3.8) is 0 Å². The van der Waals surface area contributed by atoms with Gasteiger partial charge in [0.15, 0.2) is 17.3 Å². The van der Waals surface area contributed by atoms with E-state index in [-0.39, 0.29) is 40.4 Å². The molecule has 0 bridgehead atoms. The van der Waals surface area contributed by atoms with E-state index in [9.17, 15) is 34.2 Å². The summed E-state index contributed by atoms with van der Waals surface area (Å²) in [5.74, 6) is 5.31. The molecule has 8 nitrogen and oxygen atoms in total. The van der Waals surface area contributed by atoms with E-state index in [4.69, 9.17) is 0 Å². The maximum atomic E-state index is 11.8. The van der Waals surface area contributed by atoms with Gasteiger partial charge >= 0.3 is 45.5 Å². The SMILES string of the molecule is CC(=O)Cl.CC(=O)c1cc(C(C)C)c(C)c(C(C)C)c1.CC(=O)c1cc(C(C)C)c(O)c(C(C)C)c1.CC(C)c1cccc(C(C)C)c1O.CCOC(C)=O.Cc1c(C(C)C)cc(C(=O)CBr)cc1C(C)C.Cc1c(C(C)C)cccc1C(C)C.[Br][Cu][Br]. The number of esters is 1. The standard InChI is InChI=1S/C15H21BrO.C15H22O.C14H20O2.C13H20.C12H18O.C4H8O2.C2H3ClO.2BrH.Cu/c1-9(2)13-6-12(15(17)8-16)7-14(10(3)4)11(13)5;1-9(2)14-7-13(12(6)16)8-15(10(3)4)11(14)5;1-8(2)12-6-11(10(5)15)7-13(9(3)4)14(12)16;1-9(2)12-7-6-8-13(10(3)4)11(12)5;1-8(2)10-6-5-7-11(9(3)4)12(10)13;1-3-6-4(2)5;1-2(3)4;;;/h6-7,9-10H,8H2,1-5H3;7-10H,1-6H3;6-9,16H,1-5H3;6-10H,1-5H3;5-9,13H,1-4H3;3H2,1-2H3;1H3;2*1H;/q;;;;;;;;;+2/p-2. The van der Waals surface area contributed by atoms with Crippen molar-refractivity contribution in [1.29, 1.82) is 0 Å². The Morgan fingerprint density at radius 2 is 0.625 bits per heavy atom. The molecule has 0 aliphatic heterocycles. The average molecular weight is 1480 g/mol. The third kappa shape index (κ3) is 32.4. The van der Waals surface area contributed by atoms with Gasteiger partial charge in [-0.25, -0.2) is 0 Å². The van der Waals surface area contributed by atoms with E-state index in [1.807, 2.05) is 58.0 Å². The molecule has 5 aromatic carbocycles. The second-order valence-electron chi connectivity index (χ2n) is 25.1. The fraction of sp³-hybridized carbons (Fsp3) is 0.533. The van der Waals surface area contributed by atoms with Crippen LogP contribution in [0.5, 0.6) is 11.5 Å². The van der Waals surface area contributed by atoms with Gasteiger partial charge in [0.05, 0.1) is 11.9 Å². The van der Waals surface area contributed by atoms with Crippen LogP contribution in [0.4, 0.5) is 0 Å². The molecule has 0 fully saturated rings. The number of para-hydroxylation sites is 1. The summed E-state index contributed by atoms with van der Waals surface area (Å²) in [7, 11) is 0. The minimum atomic E-state index is -0.361. The van der Waals surface area contributed by atoms with E-state index < -0.39 is 0 Å². The van der Waals surface area contributed by atoms with Crippen molar-refractivity contribution in [3.8, 4) is 11.5 Å². The quantitative estimate of drug-likeness (QED) is 0.0348. The Morgan fingerprint density at radius 3 is 0.818 bits per heavy atom. The van der Waals surface area contributed by atoms with Crippen LogP contribution in [0.2, 0.25) is 0 Å². The Balaban J connectivity index is -0.000000978. The van der Waals surface area contributed by atoms with Crippen molar-refractivity contribution in [2.75, 3.05) is 11.9 Å². The fourth-order valence-corrected chi connectivity index (χ4v) is 10.1. The normalized spacial score (nSPS) is 10.7. The molecule has 0 aliphatic rings. The summed E-state index contributed by atoms with van der Waals surface area (Å²) >= 11 is 15.3. The van der Waals surface area contributed by atoms with E-state index in [0.29, 0.717) is 76.3 Å². The molecule has 0 atom stereocenters. The first-order valence-electron chi connectivity index (χ1n) is 30.8. The monoisotopic (exact) mass is 1480 g/mol. The van der Waals surface area contributed by atoms with Crippen LogP contribution < -0.4 is 0 Å². The summed E-state index contributed by atoms with van der Waals surface area (Å²) in [5.41, 5.74) is 18.5. The summed E-state index contributed by atoms with van der Waals surface area (Å²) in [5, 5.41) is 20.1. The van der Waals surface area contributed by atoms with Crippen LogP contribution in [0.25, 0.3) is 0 Å². The topological polar surface area (TPSA) is 135 Å². The van der Waals surface area contributed by atoms with Crippen LogP contribution in [0.1, 0.15) is 336 Å². The third-order valence-corrected chi connectivity index (χ3v) is 15.0. The molecular formula is C75H112Br3ClCuO8. The Kier molecular flexibility index (Phi) is 45.5.